The zero-order valence-electron chi connectivity index (χ0n) is 14.9. The van der Waals surface area contributed by atoms with Gasteiger partial charge in [0.2, 0.25) is 0 Å². The molecule has 0 radical (unpaired) electrons. The standard InChI is InChI=1S/C20H17Cl2NO4S/c1-2-26-19-11-9-16(13-17(19)22)28(24,25)23-18-12-14(21)8-10-20(18)27-15-6-4-3-5-7-15/h3-13,23H,2H2,1H3. The molecule has 3 rings (SSSR count). The molecule has 1 N–H and O–H groups in total. The van der Waals surface area contributed by atoms with E-state index in [1.54, 1.807) is 24.3 Å². The van der Waals surface area contributed by atoms with Crippen LogP contribution < -0.4 is 14.2 Å². The SMILES string of the molecule is CCOc1ccc(S(=O)(=O)Nc2cc(Cl)ccc2Oc2ccccc2)cc1Cl. The Morgan fingerprint density at radius 2 is 1.64 bits per heavy atom. The molecule has 0 unspecified atom stereocenters. The van der Waals surface area contributed by atoms with Gasteiger partial charge in [-0.2, -0.15) is 0 Å². The molecule has 0 aliphatic carbocycles. The lowest BCUT2D eigenvalue weighted by atomic mass is 10.3. The summed E-state index contributed by atoms with van der Waals surface area (Å²) in [6.45, 7) is 2.24. The second kappa shape index (κ2) is 8.73. The molecule has 28 heavy (non-hydrogen) atoms. The van der Waals surface area contributed by atoms with Gasteiger partial charge < -0.3 is 9.47 Å². The minimum Gasteiger partial charge on any atom is -0.492 e. The smallest absolute Gasteiger partial charge is 0.262 e. The fourth-order valence-corrected chi connectivity index (χ4v) is 3.97. The first kappa shape index (κ1) is 20.3. The number of para-hydroxylation sites is 1. The van der Waals surface area contributed by atoms with Crippen LogP contribution in [0.15, 0.2) is 71.6 Å². The Balaban J connectivity index is 1.91. The van der Waals surface area contributed by atoms with Crippen LogP contribution in [0.1, 0.15) is 6.92 Å². The van der Waals surface area contributed by atoms with Gasteiger partial charge >= 0.3 is 0 Å². The summed E-state index contributed by atoms with van der Waals surface area (Å²) in [5.41, 5.74) is 0.210. The molecule has 0 fully saturated rings. The number of hydrogen-bond donors (Lipinski definition) is 1. The van der Waals surface area contributed by atoms with Crippen LogP contribution in [-0.2, 0) is 10.0 Å². The third kappa shape index (κ3) is 4.90. The first-order valence-corrected chi connectivity index (χ1v) is 10.6. The van der Waals surface area contributed by atoms with Gasteiger partial charge in [0.25, 0.3) is 10.0 Å². The maximum Gasteiger partial charge on any atom is 0.262 e. The van der Waals surface area contributed by atoms with Gasteiger partial charge in [0.1, 0.15) is 11.5 Å². The maximum absolute atomic E-state index is 12.8. The second-order valence-corrected chi connectivity index (χ2v) is 8.21. The van der Waals surface area contributed by atoms with E-state index >= 15 is 0 Å². The van der Waals surface area contributed by atoms with Crippen molar-refractivity contribution in [2.45, 2.75) is 11.8 Å². The highest BCUT2D eigenvalue weighted by Gasteiger charge is 2.19. The molecule has 3 aromatic rings. The molecule has 0 saturated carbocycles. The van der Waals surface area contributed by atoms with Crippen molar-refractivity contribution in [1.29, 1.82) is 0 Å². The molecule has 0 aliphatic heterocycles. The van der Waals surface area contributed by atoms with Crippen molar-refractivity contribution in [3.63, 3.8) is 0 Å². The Labute approximate surface area is 173 Å². The Morgan fingerprint density at radius 3 is 2.32 bits per heavy atom. The van der Waals surface area contributed by atoms with Crippen molar-refractivity contribution in [1.82, 2.24) is 0 Å². The molecule has 3 aromatic carbocycles. The molecule has 0 aliphatic rings. The van der Waals surface area contributed by atoms with E-state index in [1.165, 1.54) is 24.3 Å². The minimum absolute atomic E-state index is 0.00779. The predicted octanol–water partition coefficient (Wildman–Crippen LogP) is 5.99. The molecular weight excluding hydrogens is 421 g/mol. The van der Waals surface area contributed by atoms with Crippen LogP contribution in [0.2, 0.25) is 10.0 Å². The molecule has 8 heteroatoms. The number of hydrogen-bond acceptors (Lipinski definition) is 4. The van der Waals surface area contributed by atoms with Crippen molar-refractivity contribution in [2.75, 3.05) is 11.3 Å². The van der Waals surface area contributed by atoms with E-state index < -0.39 is 10.0 Å². The molecule has 146 valence electrons. The van der Waals surface area contributed by atoms with E-state index in [9.17, 15) is 8.42 Å². The van der Waals surface area contributed by atoms with E-state index in [4.69, 9.17) is 32.7 Å². The molecule has 0 bridgehead atoms. The second-order valence-electron chi connectivity index (χ2n) is 5.69. The van der Waals surface area contributed by atoms with Crippen molar-refractivity contribution < 1.29 is 17.9 Å². The van der Waals surface area contributed by atoms with Crippen molar-refractivity contribution in [3.05, 3.63) is 76.8 Å². The van der Waals surface area contributed by atoms with Crippen LogP contribution >= 0.6 is 23.2 Å². The lowest BCUT2D eigenvalue weighted by molar-refractivity contribution is 0.340. The number of rotatable bonds is 7. The zero-order valence-corrected chi connectivity index (χ0v) is 17.2. The number of halogens is 2. The Bertz CT molecular complexity index is 1070. The molecule has 0 heterocycles. The topological polar surface area (TPSA) is 64.6 Å². The average molecular weight is 438 g/mol. The Hall–Kier alpha value is -2.41. The van der Waals surface area contributed by atoms with E-state index in [0.717, 1.165) is 0 Å². The summed E-state index contributed by atoms with van der Waals surface area (Å²) in [7, 11) is -3.93. The Kier molecular flexibility index (Phi) is 6.34. The number of anilines is 1. The minimum atomic E-state index is -3.93. The maximum atomic E-state index is 12.8. The molecule has 5 nitrogen and oxygen atoms in total. The highest BCUT2D eigenvalue weighted by Crippen LogP contribution is 2.34. The van der Waals surface area contributed by atoms with Crippen LogP contribution in [0.4, 0.5) is 5.69 Å². The monoisotopic (exact) mass is 437 g/mol. The van der Waals surface area contributed by atoms with E-state index in [-0.39, 0.29) is 15.6 Å². The van der Waals surface area contributed by atoms with E-state index in [1.807, 2.05) is 25.1 Å². The third-order valence-electron chi connectivity index (χ3n) is 3.67. The quantitative estimate of drug-likeness (QED) is 0.493. The number of nitrogens with one attached hydrogen (secondary N) is 1. The number of benzene rings is 3. The molecular formula is C20H17Cl2NO4S. The number of sulfonamides is 1. The summed E-state index contributed by atoms with van der Waals surface area (Å²) in [4.78, 5) is -0.00779. The van der Waals surface area contributed by atoms with Crippen LogP contribution in [-0.4, -0.2) is 15.0 Å². The fraction of sp³-hybridized carbons (Fsp3) is 0.100. The lowest BCUT2D eigenvalue weighted by Crippen LogP contribution is -2.13. The van der Waals surface area contributed by atoms with Gasteiger partial charge in [-0.25, -0.2) is 8.42 Å². The predicted molar refractivity (Wildman–Crippen MR) is 111 cm³/mol. The number of ether oxygens (including phenoxy) is 2. The molecule has 0 aromatic heterocycles. The zero-order chi connectivity index (χ0) is 20.1. The lowest BCUT2D eigenvalue weighted by Gasteiger charge is -2.14. The van der Waals surface area contributed by atoms with E-state index in [2.05, 4.69) is 4.72 Å². The normalized spacial score (nSPS) is 11.1. The first-order valence-electron chi connectivity index (χ1n) is 8.36. The first-order chi connectivity index (χ1) is 13.4. The van der Waals surface area contributed by atoms with Crippen LogP contribution in [0.25, 0.3) is 0 Å². The van der Waals surface area contributed by atoms with Crippen molar-refractivity contribution in [2.24, 2.45) is 0 Å². The average Bonchev–Trinajstić information content (AvgIpc) is 2.66. The van der Waals surface area contributed by atoms with Crippen LogP contribution in [0.3, 0.4) is 0 Å². The van der Waals surface area contributed by atoms with Crippen LogP contribution in [0, 0.1) is 0 Å². The largest absolute Gasteiger partial charge is 0.492 e. The van der Waals surface area contributed by atoms with Gasteiger partial charge in [0.15, 0.2) is 5.75 Å². The molecule has 0 saturated heterocycles. The van der Waals surface area contributed by atoms with Crippen LogP contribution in [0.5, 0.6) is 17.2 Å². The Morgan fingerprint density at radius 1 is 0.929 bits per heavy atom. The van der Waals surface area contributed by atoms with E-state index in [0.29, 0.717) is 28.9 Å². The van der Waals surface area contributed by atoms with Gasteiger partial charge in [-0.15, -0.1) is 0 Å². The summed E-state index contributed by atoms with van der Waals surface area (Å²) in [6, 6.07) is 18.0. The van der Waals surface area contributed by atoms with Crippen molar-refractivity contribution >= 4 is 38.9 Å². The molecule has 0 spiro atoms. The van der Waals surface area contributed by atoms with Gasteiger partial charge in [0, 0.05) is 5.02 Å². The van der Waals surface area contributed by atoms with Crippen molar-refractivity contribution in [3.8, 4) is 17.2 Å². The highest BCUT2D eigenvalue weighted by molar-refractivity contribution is 7.92. The van der Waals surface area contributed by atoms with Gasteiger partial charge in [-0.3, -0.25) is 4.72 Å². The summed E-state index contributed by atoms with van der Waals surface area (Å²) in [6.07, 6.45) is 0. The van der Waals surface area contributed by atoms with Gasteiger partial charge in [-0.05, 0) is 55.5 Å². The fourth-order valence-electron chi connectivity index (χ4n) is 2.41. The molecule has 0 atom stereocenters. The highest BCUT2D eigenvalue weighted by atomic mass is 35.5. The van der Waals surface area contributed by atoms with Gasteiger partial charge in [-0.1, -0.05) is 41.4 Å². The van der Waals surface area contributed by atoms with Gasteiger partial charge in [0.05, 0.1) is 22.2 Å². The summed E-state index contributed by atoms with van der Waals surface area (Å²) in [5, 5.41) is 0.569. The third-order valence-corrected chi connectivity index (χ3v) is 5.56. The summed E-state index contributed by atoms with van der Waals surface area (Å²) < 4.78 is 39.3. The summed E-state index contributed by atoms with van der Waals surface area (Å²) >= 11 is 12.2. The summed E-state index contributed by atoms with van der Waals surface area (Å²) in [5.74, 6) is 1.30. The molecule has 0 amide bonds.